The molecule has 3 nitrogen and oxygen atoms in total. The maximum Gasteiger partial charge on any atom is 0.212 e. The lowest BCUT2D eigenvalue weighted by Gasteiger charge is -2.05. The van der Waals surface area contributed by atoms with E-state index in [2.05, 4.69) is 4.98 Å². The monoisotopic (exact) mass is 268 g/mol. The van der Waals surface area contributed by atoms with Gasteiger partial charge in [-0.15, -0.1) is 11.3 Å². The van der Waals surface area contributed by atoms with Gasteiger partial charge in [0, 0.05) is 21.5 Å². The quantitative estimate of drug-likeness (QED) is 0.724. The Kier molecular flexibility index (Phi) is 2.80. The predicted molar refractivity (Wildman–Crippen MR) is 78.6 cm³/mol. The number of nitrogen functional groups attached to an aromatic ring is 1. The fraction of sp³-hybridized carbons (Fsp3) is 0.0667. The number of ketones is 1. The van der Waals surface area contributed by atoms with Crippen molar-refractivity contribution in [3.05, 3.63) is 57.9 Å². The Balaban J connectivity index is 2.16. The summed E-state index contributed by atoms with van der Waals surface area (Å²) in [7, 11) is 0. The summed E-state index contributed by atoms with van der Waals surface area (Å²) in [6, 6.07) is 11.0. The molecule has 94 valence electrons. The minimum Gasteiger partial charge on any atom is -0.398 e. The van der Waals surface area contributed by atoms with Crippen LogP contribution in [0.5, 0.6) is 0 Å². The predicted octanol–water partition coefficient (Wildman–Crippen LogP) is 3.42. The lowest BCUT2D eigenvalue weighted by molar-refractivity contribution is 0.103. The topological polar surface area (TPSA) is 56.0 Å². The van der Waals surface area contributed by atoms with E-state index < -0.39 is 0 Å². The first-order valence-corrected chi connectivity index (χ1v) is 6.79. The van der Waals surface area contributed by atoms with Gasteiger partial charge in [0.2, 0.25) is 5.78 Å². The third-order valence-corrected chi connectivity index (χ3v) is 3.93. The van der Waals surface area contributed by atoms with Crippen molar-refractivity contribution in [1.29, 1.82) is 0 Å². The molecule has 4 heteroatoms. The number of rotatable bonds is 2. The largest absolute Gasteiger partial charge is 0.398 e. The molecule has 0 unspecified atom stereocenters. The average Bonchev–Trinajstić information content (AvgIpc) is 2.84. The van der Waals surface area contributed by atoms with Gasteiger partial charge >= 0.3 is 0 Å². The van der Waals surface area contributed by atoms with Crippen molar-refractivity contribution < 1.29 is 4.79 Å². The summed E-state index contributed by atoms with van der Waals surface area (Å²) in [5.74, 6) is -0.0730. The lowest BCUT2D eigenvalue weighted by Crippen LogP contribution is -2.05. The molecule has 2 heterocycles. The van der Waals surface area contributed by atoms with Crippen LogP contribution in [0.15, 0.2) is 41.8 Å². The normalized spacial score (nSPS) is 10.8. The van der Waals surface area contributed by atoms with Gasteiger partial charge < -0.3 is 5.73 Å². The molecule has 0 radical (unpaired) electrons. The van der Waals surface area contributed by atoms with Crippen LogP contribution in [-0.2, 0) is 0 Å². The number of nitrogens with zero attached hydrogens (tertiary/aromatic N) is 1. The Labute approximate surface area is 114 Å². The number of thiophene rings is 1. The van der Waals surface area contributed by atoms with Crippen LogP contribution < -0.4 is 5.73 Å². The fourth-order valence-corrected chi connectivity index (χ4v) is 2.77. The van der Waals surface area contributed by atoms with Crippen LogP contribution in [0.1, 0.15) is 20.9 Å². The number of aromatic nitrogens is 1. The zero-order chi connectivity index (χ0) is 13.4. The number of hydrogen-bond donors (Lipinski definition) is 1. The standard InChI is InChI=1S/C15H12N2OS/c1-9-10(6-7-19-9)15(18)14-8-12(16)11-4-2-3-5-13(11)17-14/h2-8H,1H3,(H2,16,17). The third kappa shape index (κ3) is 2.00. The molecule has 19 heavy (non-hydrogen) atoms. The van der Waals surface area contributed by atoms with Crippen molar-refractivity contribution in [2.75, 3.05) is 5.73 Å². The van der Waals surface area contributed by atoms with Crippen molar-refractivity contribution in [2.24, 2.45) is 0 Å². The Hall–Kier alpha value is -2.20. The van der Waals surface area contributed by atoms with Gasteiger partial charge in [0.25, 0.3) is 0 Å². The number of anilines is 1. The van der Waals surface area contributed by atoms with Gasteiger partial charge in [-0.25, -0.2) is 4.98 Å². The second-order valence-corrected chi connectivity index (χ2v) is 5.45. The first kappa shape index (κ1) is 11.9. The molecule has 0 aliphatic rings. The highest BCUT2D eigenvalue weighted by molar-refractivity contribution is 7.10. The van der Waals surface area contributed by atoms with E-state index in [-0.39, 0.29) is 5.78 Å². The molecule has 1 aromatic carbocycles. The average molecular weight is 268 g/mol. The van der Waals surface area contributed by atoms with Crippen LogP contribution >= 0.6 is 11.3 Å². The molecule has 0 saturated heterocycles. The van der Waals surface area contributed by atoms with E-state index in [0.29, 0.717) is 16.9 Å². The molecular weight excluding hydrogens is 256 g/mol. The Morgan fingerprint density at radius 3 is 2.79 bits per heavy atom. The molecule has 0 aliphatic heterocycles. The maximum absolute atomic E-state index is 12.4. The fourth-order valence-electron chi connectivity index (χ4n) is 2.08. The van der Waals surface area contributed by atoms with E-state index in [9.17, 15) is 4.79 Å². The molecule has 0 aliphatic carbocycles. The van der Waals surface area contributed by atoms with Crippen molar-refractivity contribution in [1.82, 2.24) is 4.98 Å². The molecule has 0 bridgehead atoms. The Bertz CT molecular complexity index is 777. The number of nitrogens with two attached hydrogens (primary N) is 1. The number of hydrogen-bond acceptors (Lipinski definition) is 4. The zero-order valence-electron chi connectivity index (χ0n) is 10.4. The molecule has 2 N–H and O–H groups in total. The van der Waals surface area contributed by atoms with Gasteiger partial charge in [-0.2, -0.15) is 0 Å². The SMILES string of the molecule is Cc1sccc1C(=O)c1cc(N)c2ccccc2n1. The number of pyridine rings is 1. The molecular formula is C15H12N2OS. The van der Waals surface area contributed by atoms with E-state index in [0.717, 1.165) is 15.8 Å². The van der Waals surface area contributed by atoms with Gasteiger partial charge in [-0.3, -0.25) is 4.79 Å². The minimum absolute atomic E-state index is 0.0730. The molecule has 0 amide bonds. The second-order valence-electron chi connectivity index (χ2n) is 4.33. The molecule has 0 atom stereocenters. The molecule has 3 aromatic rings. The summed E-state index contributed by atoms with van der Waals surface area (Å²) >= 11 is 1.56. The van der Waals surface area contributed by atoms with Gasteiger partial charge in [-0.1, -0.05) is 18.2 Å². The number of carbonyl (C=O) groups is 1. The van der Waals surface area contributed by atoms with Gasteiger partial charge in [0.15, 0.2) is 0 Å². The van der Waals surface area contributed by atoms with Gasteiger partial charge in [0.05, 0.1) is 5.52 Å². The van der Waals surface area contributed by atoms with Crippen LogP contribution in [0.2, 0.25) is 0 Å². The van der Waals surface area contributed by atoms with Crippen molar-refractivity contribution in [2.45, 2.75) is 6.92 Å². The highest BCUT2D eigenvalue weighted by atomic mass is 32.1. The van der Waals surface area contributed by atoms with Crippen LogP contribution in [0, 0.1) is 6.92 Å². The van der Waals surface area contributed by atoms with E-state index in [4.69, 9.17) is 5.73 Å². The van der Waals surface area contributed by atoms with Crippen LogP contribution in [0.25, 0.3) is 10.9 Å². The van der Waals surface area contributed by atoms with E-state index in [1.54, 1.807) is 17.4 Å². The number of benzene rings is 1. The summed E-state index contributed by atoms with van der Waals surface area (Å²) in [6.07, 6.45) is 0. The number of para-hydroxylation sites is 1. The van der Waals surface area contributed by atoms with Crippen molar-refractivity contribution >= 4 is 33.7 Å². The first-order valence-electron chi connectivity index (χ1n) is 5.91. The van der Waals surface area contributed by atoms with Crippen molar-refractivity contribution in [3.63, 3.8) is 0 Å². The van der Waals surface area contributed by atoms with E-state index in [1.165, 1.54) is 0 Å². The third-order valence-electron chi connectivity index (χ3n) is 3.08. The smallest absolute Gasteiger partial charge is 0.212 e. The molecule has 0 fully saturated rings. The summed E-state index contributed by atoms with van der Waals surface area (Å²) in [4.78, 5) is 17.8. The Morgan fingerprint density at radius 2 is 2.05 bits per heavy atom. The molecule has 2 aromatic heterocycles. The van der Waals surface area contributed by atoms with E-state index in [1.807, 2.05) is 42.6 Å². The highest BCUT2D eigenvalue weighted by Crippen LogP contribution is 2.23. The summed E-state index contributed by atoms with van der Waals surface area (Å²) < 4.78 is 0. The minimum atomic E-state index is -0.0730. The molecule has 0 spiro atoms. The van der Waals surface area contributed by atoms with Gasteiger partial charge in [0.1, 0.15) is 5.69 Å². The lowest BCUT2D eigenvalue weighted by atomic mass is 10.1. The maximum atomic E-state index is 12.4. The van der Waals surface area contributed by atoms with Crippen LogP contribution in [0.4, 0.5) is 5.69 Å². The van der Waals surface area contributed by atoms with Crippen LogP contribution in [0.3, 0.4) is 0 Å². The summed E-state index contributed by atoms with van der Waals surface area (Å²) in [5, 5.41) is 2.79. The first-order chi connectivity index (χ1) is 9.16. The Morgan fingerprint density at radius 1 is 1.26 bits per heavy atom. The number of fused-ring (bicyclic) bond motifs is 1. The highest BCUT2D eigenvalue weighted by Gasteiger charge is 2.15. The zero-order valence-corrected chi connectivity index (χ0v) is 11.2. The molecule has 3 rings (SSSR count). The second kappa shape index (κ2) is 4.48. The van der Waals surface area contributed by atoms with Gasteiger partial charge in [-0.05, 0) is 30.5 Å². The van der Waals surface area contributed by atoms with E-state index >= 15 is 0 Å². The number of carbonyl (C=O) groups excluding carboxylic acids is 1. The molecule has 0 saturated carbocycles. The number of aryl methyl sites for hydroxylation is 1. The van der Waals surface area contributed by atoms with Crippen LogP contribution in [-0.4, -0.2) is 10.8 Å². The summed E-state index contributed by atoms with van der Waals surface area (Å²) in [5.41, 5.74) is 8.43. The van der Waals surface area contributed by atoms with Crippen molar-refractivity contribution in [3.8, 4) is 0 Å². The summed E-state index contributed by atoms with van der Waals surface area (Å²) in [6.45, 7) is 1.93.